The third-order valence-electron chi connectivity index (χ3n) is 1.16. The predicted octanol–water partition coefficient (Wildman–Crippen LogP) is 2.59. The zero-order valence-corrected chi connectivity index (χ0v) is 6.02. The lowest BCUT2D eigenvalue weighted by Crippen LogP contribution is -1.76. The van der Waals surface area contributed by atoms with E-state index < -0.39 is 0 Å². The van der Waals surface area contributed by atoms with Crippen LogP contribution in [0.3, 0.4) is 0 Å². The van der Waals surface area contributed by atoms with E-state index >= 15 is 0 Å². The van der Waals surface area contributed by atoms with Crippen LogP contribution in [0.1, 0.15) is 0 Å². The highest BCUT2D eigenvalue weighted by atomic mass is 32.2. The summed E-state index contributed by atoms with van der Waals surface area (Å²) in [5, 5.41) is 0. The third-order valence-corrected chi connectivity index (χ3v) is 10.2. The molecule has 32 valence electrons. The van der Waals surface area contributed by atoms with E-state index in [0.717, 1.165) is 0 Å². The van der Waals surface area contributed by atoms with Crippen molar-refractivity contribution in [2.24, 2.45) is 0 Å². The molecule has 0 aromatic heterocycles. The van der Waals surface area contributed by atoms with Gasteiger partial charge < -0.3 is 0 Å². The molecule has 0 aromatic rings. The van der Waals surface area contributed by atoms with Crippen molar-refractivity contribution in [2.45, 2.75) is 5.66 Å². The number of hydrogen-bond donors (Lipinski definition) is 0. The second-order valence-corrected chi connectivity index (χ2v) is 9.03. The first-order valence-electron chi connectivity index (χ1n) is 2.11. The second-order valence-electron chi connectivity index (χ2n) is 1.69. The molecule has 0 amide bonds. The Morgan fingerprint density at radius 3 is 2.83 bits per heavy atom. The van der Waals surface area contributed by atoms with Crippen LogP contribution in [0.25, 0.3) is 0 Å². The Morgan fingerprint density at radius 1 is 1.67 bits per heavy atom. The molecule has 3 heteroatoms. The van der Waals surface area contributed by atoms with Crippen molar-refractivity contribution in [2.75, 3.05) is 12.3 Å². The molecule has 0 saturated carbocycles. The highest BCUT2D eigenvalue weighted by Gasteiger charge is 2.38. The Balaban J connectivity index is 2.26. The van der Waals surface area contributed by atoms with E-state index in [2.05, 4.69) is 0 Å². The lowest BCUT2D eigenvalue weighted by molar-refractivity contribution is 1.27. The first-order chi connectivity index (χ1) is 2.97. The van der Waals surface area contributed by atoms with Crippen LogP contribution >= 0.6 is 23.0 Å². The summed E-state index contributed by atoms with van der Waals surface area (Å²) in [6.45, 7) is 0. The van der Waals surface area contributed by atoms with Crippen molar-refractivity contribution < 1.29 is 0 Å². The van der Waals surface area contributed by atoms with Gasteiger partial charge in [-0.25, -0.2) is 0 Å². The zero-order chi connectivity index (χ0) is 3.98. The summed E-state index contributed by atoms with van der Waals surface area (Å²) in [5.41, 5.74) is 1.25. The summed E-state index contributed by atoms with van der Waals surface area (Å²) >= 11 is 0. The topological polar surface area (TPSA) is 0 Å². The molecular formula is C3H5P3. The van der Waals surface area contributed by atoms with Gasteiger partial charge >= 0.3 is 0 Å². The summed E-state index contributed by atoms with van der Waals surface area (Å²) in [7, 11) is 4.20. The van der Waals surface area contributed by atoms with E-state index in [4.69, 9.17) is 0 Å². The minimum atomic E-state index is 0.662. The van der Waals surface area contributed by atoms with Gasteiger partial charge in [0.25, 0.3) is 0 Å². The molecular weight excluding hydrogens is 129 g/mol. The van der Waals surface area contributed by atoms with Crippen LogP contribution in [0.4, 0.5) is 0 Å². The van der Waals surface area contributed by atoms with Crippen molar-refractivity contribution in [1.29, 1.82) is 0 Å². The minimum absolute atomic E-state index is 0.662. The van der Waals surface area contributed by atoms with Gasteiger partial charge in [-0.05, 0) is 27.0 Å². The maximum Gasteiger partial charge on any atom is 0.00150 e. The Kier molecular flexibility index (Phi) is 0.829. The highest BCUT2D eigenvalue weighted by Crippen LogP contribution is 2.76. The predicted molar refractivity (Wildman–Crippen MR) is 34.3 cm³/mol. The fourth-order valence-corrected chi connectivity index (χ4v) is 11.4. The molecule has 0 radical (unpaired) electrons. The van der Waals surface area contributed by atoms with Gasteiger partial charge in [0.2, 0.25) is 0 Å². The standard InChI is InChI=1S/C3H5P3/c1-3-2-6(3)5-4-1/h3H,1-2H2. The molecule has 0 bridgehead atoms. The van der Waals surface area contributed by atoms with Crippen LogP contribution in [0.15, 0.2) is 0 Å². The van der Waals surface area contributed by atoms with E-state index in [1.54, 1.807) is 27.7 Å². The molecule has 2 aliphatic heterocycles. The maximum atomic E-state index is 1.80. The smallest absolute Gasteiger partial charge is 0.00150 e. The Morgan fingerprint density at radius 2 is 2.67 bits per heavy atom. The molecule has 0 N–H and O–H groups in total. The number of rotatable bonds is 0. The van der Waals surface area contributed by atoms with Crippen LogP contribution in [0.5, 0.6) is 0 Å². The van der Waals surface area contributed by atoms with E-state index in [-0.39, 0.29) is 0 Å². The van der Waals surface area contributed by atoms with Crippen molar-refractivity contribution >= 4 is 23.0 Å². The normalized spacial score (nSPS) is 54.7. The van der Waals surface area contributed by atoms with Crippen molar-refractivity contribution in [1.82, 2.24) is 0 Å². The van der Waals surface area contributed by atoms with E-state index in [1.807, 2.05) is 0 Å². The second kappa shape index (κ2) is 1.25. The Labute approximate surface area is 41.8 Å². The van der Waals surface area contributed by atoms with Crippen LogP contribution in [0, 0.1) is 0 Å². The molecule has 0 aromatic carbocycles. The van der Waals surface area contributed by atoms with Gasteiger partial charge in [0.15, 0.2) is 0 Å². The minimum Gasteiger partial charge on any atom is -0.0707 e. The summed E-state index contributed by atoms with van der Waals surface area (Å²) in [5.74, 6) is 0. The molecule has 0 aliphatic carbocycles. The van der Waals surface area contributed by atoms with Crippen LogP contribution < -0.4 is 0 Å². The molecule has 0 spiro atoms. The van der Waals surface area contributed by atoms with Crippen molar-refractivity contribution in [3.05, 3.63) is 0 Å². The summed E-state index contributed by atoms with van der Waals surface area (Å²) in [6.07, 6.45) is 3.18. The Bertz CT molecular complexity index is 98.2. The zero-order valence-electron chi connectivity index (χ0n) is 3.33. The average molecular weight is 134 g/mol. The molecule has 0 nitrogen and oxygen atoms in total. The molecule has 1 fully saturated rings. The Hall–Kier alpha value is 1.03. The average Bonchev–Trinajstić information content (AvgIpc) is 2.17. The molecule has 1 saturated heterocycles. The van der Waals surface area contributed by atoms with Gasteiger partial charge in [0, 0.05) is 6.16 Å². The molecule has 2 heterocycles. The third kappa shape index (κ3) is 0.481. The van der Waals surface area contributed by atoms with Gasteiger partial charge in [-0.15, -0.1) is 0 Å². The lowest BCUT2D eigenvalue weighted by Gasteiger charge is -1.69. The molecule has 6 heavy (non-hydrogen) atoms. The van der Waals surface area contributed by atoms with Crippen molar-refractivity contribution in [3.63, 3.8) is 0 Å². The monoisotopic (exact) mass is 134 g/mol. The van der Waals surface area contributed by atoms with Crippen LogP contribution in [-0.2, 0) is 0 Å². The number of fused-ring (bicyclic) bond motifs is 1. The van der Waals surface area contributed by atoms with Crippen LogP contribution in [-0.4, -0.2) is 18.0 Å². The van der Waals surface area contributed by atoms with Gasteiger partial charge in [-0.2, -0.15) is 0 Å². The fourth-order valence-electron chi connectivity index (χ4n) is 0.642. The van der Waals surface area contributed by atoms with Gasteiger partial charge in [0.05, 0.1) is 0 Å². The van der Waals surface area contributed by atoms with E-state index in [9.17, 15) is 0 Å². The first-order valence-corrected chi connectivity index (χ1v) is 7.09. The summed E-state index contributed by atoms with van der Waals surface area (Å²) in [4.78, 5) is 0. The van der Waals surface area contributed by atoms with E-state index in [0.29, 0.717) is 7.61 Å². The highest BCUT2D eigenvalue weighted by molar-refractivity contribution is 8.36. The van der Waals surface area contributed by atoms with Gasteiger partial charge in [-0.1, -0.05) is 7.87 Å². The van der Waals surface area contributed by atoms with Crippen LogP contribution in [0.2, 0.25) is 0 Å². The van der Waals surface area contributed by atoms with Gasteiger partial charge in [0.1, 0.15) is 0 Å². The quantitative estimate of drug-likeness (QED) is 0.446. The molecule has 2 atom stereocenters. The van der Waals surface area contributed by atoms with E-state index in [1.165, 1.54) is 5.66 Å². The first kappa shape index (κ1) is 3.96. The lowest BCUT2D eigenvalue weighted by atomic mass is 10.6. The van der Waals surface area contributed by atoms with Crippen molar-refractivity contribution in [3.8, 4) is 0 Å². The molecule has 2 rings (SSSR count). The summed E-state index contributed by atoms with van der Waals surface area (Å²) in [6, 6.07) is 0. The largest absolute Gasteiger partial charge is 0.0707 e. The summed E-state index contributed by atoms with van der Waals surface area (Å²) < 4.78 is 0. The van der Waals surface area contributed by atoms with Gasteiger partial charge in [-0.3, -0.25) is 0 Å². The molecule has 2 unspecified atom stereocenters. The maximum absolute atomic E-state index is 1.80. The molecule has 2 aliphatic rings. The SMILES string of the molecule is C1P=PP2CC12. The fraction of sp³-hybridized carbons (Fsp3) is 1.00. The number of hydrogen-bond acceptors (Lipinski definition) is 0.